The van der Waals surface area contributed by atoms with E-state index in [0.29, 0.717) is 5.02 Å². The van der Waals surface area contributed by atoms with Crippen LogP contribution in [0.2, 0.25) is 5.02 Å². The number of aromatic nitrogens is 3. The fourth-order valence-corrected chi connectivity index (χ4v) is 3.02. The van der Waals surface area contributed by atoms with Crippen molar-refractivity contribution in [1.82, 2.24) is 14.4 Å². The molecule has 3 heterocycles. The smallest absolute Gasteiger partial charge is 0.136 e. The number of aryl methyl sites for hydroxylation is 1. The quantitative estimate of drug-likeness (QED) is 0.519. The number of pyridine rings is 2. The van der Waals surface area contributed by atoms with E-state index >= 15 is 0 Å². The summed E-state index contributed by atoms with van der Waals surface area (Å²) in [6.45, 7) is 2.10. The van der Waals surface area contributed by atoms with Crippen LogP contribution in [0.15, 0.2) is 67.3 Å². The van der Waals surface area contributed by atoms with Gasteiger partial charge in [-0.05, 0) is 36.8 Å². The van der Waals surface area contributed by atoms with Crippen LogP contribution in [0.4, 0.5) is 0 Å². The Bertz CT molecular complexity index is 1000. The van der Waals surface area contributed by atoms with Crippen molar-refractivity contribution in [2.24, 2.45) is 0 Å². The van der Waals surface area contributed by atoms with Gasteiger partial charge in [0.1, 0.15) is 5.65 Å². The number of nitrogens with zero attached hydrogens (tertiary/aromatic N) is 3. The molecule has 0 saturated carbocycles. The molecule has 23 heavy (non-hydrogen) atoms. The molecule has 3 aromatic heterocycles. The Labute approximate surface area is 139 Å². The van der Waals surface area contributed by atoms with Gasteiger partial charge < -0.3 is 4.40 Å². The average molecular weight is 320 g/mol. The van der Waals surface area contributed by atoms with Gasteiger partial charge in [0.15, 0.2) is 0 Å². The molecule has 0 saturated heterocycles. The van der Waals surface area contributed by atoms with Gasteiger partial charge in [-0.15, -0.1) is 0 Å². The first-order valence-electron chi connectivity index (χ1n) is 7.37. The normalized spacial score (nSPS) is 11.0. The predicted octanol–water partition coefficient (Wildman–Crippen LogP) is 5.03. The van der Waals surface area contributed by atoms with Crippen molar-refractivity contribution in [3.05, 3.63) is 77.8 Å². The number of imidazole rings is 1. The molecule has 0 bridgehead atoms. The van der Waals surface area contributed by atoms with Gasteiger partial charge in [-0.2, -0.15) is 0 Å². The lowest BCUT2D eigenvalue weighted by atomic mass is 9.97. The zero-order valence-electron chi connectivity index (χ0n) is 12.6. The highest BCUT2D eigenvalue weighted by molar-refractivity contribution is 6.30. The van der Waals surface area contributed by atoms with Crippen molar-refractivity contribution in [1.29, 1.82) is 0 Å². The minimum Gasteiger partial charge on any atom is -0.306 e. The Balaban J connectivity index is 1.96. The molecule has 4 aromatic rings. The Kier molecular flexibility index (Phi) is 3.36. The van der Waals surface area contributed by atoms with E-state index in [1.54, 1.807) is 6.20 Å². The van der Waals surface area contributed by atoms with Crippen LogP contribution in [0.1, 0.15) is 5.56 Å². The largest absolute Gasteiger partial charge is 0.306 e. The summed E-state index contributed by atoms with van der Waals surface area (Å²) in [6.07, 6.45) is 7.67. The Morgan fingerprint density at radius 1 is 0.957 bits per heavy atom. The molecule has 3 nitrogen and oxygen atoms in total. The summed E-state index contributed by atoms with van der Waals surface area (Å²) in [6, 6.07) is 13.9. The van der Waals surface area contributed by atoms with Crippen LogP contribution >= 0.6 is 11.6 Å². The highest BCUT2D eigenvalue weighted by Gasteiger charge is 2.12. The lowest BCUT2D eigenvalue weighted by Gasteiger charge is -2.12. The van der Waals surface area contributed by atoms with Crippen LogP contribution in [0.25, 0.3) is 28.0 Å². The van der Waals surface area contributed by atoms with E-state index in [4.69, 9.17) is 11.6 Å². The molecule has 0 atom stereocenters. The van der Waals surface area contributed by atoms with Gasteiger partial charge >= 0.3 is 0 Å². The van der Waals surface area contributed by atoms with E-state index in [0.717, 1.165) is 28.0 Å². The number of benzene rings is 1. The van der Waals surface area contributed by atoms with E-state index in [-0.39, 0.29) is 0 Å². The van der Waals surface area contributed by atoms with Crippen LogP contribution < -0.4 is 0 Å². The molecule has 1 aromatic carbocycles. The molecule has 0 aliphatic carbocycles. The number of halogens is 1. The summed E-state index contributed by atoms with van der Waals surface area (Å²) < 4.78 is 2.02. The number of fused-ring (bicyclic) bond motifs is 1. The fraction of sp³-hybridized carbons (Fsp3) is 0.0526. The van der Waals surface area contributed by atoms with Gasteiger partial charge in [-0.25, -0.2) is 4.98 Å². The van der Waals surface area contributed by atoms with Gasteiger partial charge in [0.25, 0.3) is 0 Å². The highest BCUT2D eigenvalue weighted by Crippen LogP contribution is 2.33. The van der Waals surface area contributed by atoms with Crippen LogP contribution in [-0.2, 0) is 0 Å². The standard InChI is InChI=1S/C19H14ClN3/c1-13-10-18-21-8-9-23(18)12-17(13)16-6-3-7-22-19(16)14-4-2-5-15(20)11-14/h2-12H,1H3. The van der Waals surface area contributed by atoms with Crippen molar-refractivity contribution in [2.75, 3.05) is 0 Å². The van der Waals surface area contributed by atoms with Crippen molar-refractivity contribution >= 4 is 17.2 Å². The molecular weight excluding hydrogens is 306 g/mol. The number of hydrogen-bond donors (Lipinski definition) is 0. The molecule has 0 radical (unpaired) electrons. The van der Waals surface area contributed by atoms with Crippen molar-refractivity contribution in [2.45, 2.75) is 6.92 Å². The summed E-state index contributed by atoms with van der Waals surface area (Å²) in [5.41, 5.74) is 6.27. The second-order valence-electron chi connectivity index (χ2n) is 5.47. The van der Waals surface area contributed by atoms with E-state index in [1.165, 1.54) is 5.56 Å². The van der Waals surface area contributed by atoms with Gasteiger partial charge in [0, 0.05) is 46.5 Å². The summed E-state index contributed by atoms with van der Waals surface area (Å²) in [7, 11) is 0. The summed E-state index contributed by atoms with van der Waals surface area (Å²) >= 11 is 6.15. The molecule has 0 fully saturated rings. The molecule has 0 aliphatic rings. The third kappa shape index (κ3) is 2.49. The minimum atomic E-state index is 0.709. The molecule has 0 aliphatic heterocycles. The lowest BCUT2D eigenvalue weighted by molar-refractivity contribution is 1.17. The SMILES string of the molecule is Cc1cc2nccn2cc1-c1cccnc1-c1cccc(Cl)c1. The predicted molar refractivity (Wildman–Crippen MR) is 93.6 cm³/mol. The van der Waals surface area contributed by atoms with E-state index in [2.05, 4.69) is 35.2 Å². The van der Waals surface area contributed by atoms with E-state index < -0.39 is 0 Å². The van der Waals surface area contributed by atoms with Crippen molar-refractivity contribution < 1.29 is 0 Å². The average Bonchev–Trinajstić information content (AvgIpc) is 3.01. The lowest BCUT2D eigenvalue weighted by Crippen LogP contribution is -1.94. The second kappa shape index (κ2) is 5.52. The summed E-state index contributed by atoms with van der Waals surface area (Å²) in [5.74, 6) is 0. The first-order chi connectivity index (χ1) is 11.2. The zero-order valence-corrected chi connectivity index (χ0v) is 13.3. The third-order valence-corrected chi connectivity index (χ3v) is 4.17. The van der Waals surface area contributed by atoms with Gasteiger partial charge in [-0.3, -0.25) is 4.98 Å². The maximum absolute atomic E-state index is 6.15. The molecule has 0 spiro atoms. The molecule has 4 rings (SSSR count). The number of hydrogen-bond acceptors (Lipinski definition) is 2. The minimum absolute atomic E-state index is 0.709. The monoisotopic (exact) mass is 319 g/mol. The second-order valence-corrected chi connectivity index (χ2v) is 5.91. The maximum Gasteiger partial charge on any atom is 0.136 e. The maximum atomic E-state index is 6.15. The Morgan fingerprint density at radius 3 is 2.74 bits per heavy atom. The Hall–Kier alpha value is -2.65. The molecule has 0 amide bonds. The highest BCUT2D eigenvalue weighted by atomic mass is 35.5. The van der Waals surface area contributed by atoms with Crippen molar-refractivity contribution in [3.8, 4) is 22.4 Å². The first kappa shape index (κ1) is 14.0. The number of rotatable bonds is 2. The third-order valence-electron chi connectivity index (χ3n) is 3.93. The van der Waals surface area contributed by atoms with Crippen LogP contribution in [0.5, 0.6) is 0 Å². The molecule has 0 unspecified atom stereocenters. The topological polar surface area (TPSA) is 30.2 Å². The summed E-state index contributed by atoms with van der Waals surface area (Å²) in [5, 5.41) is 0.709. The van der Waals surface area contributed by atoms with Crippen LogP contribution in [-0.4, -0.2) is 14.4 Å². The zero-order chi connectivity index (χ0) is 15.8. The van der Waals surface area contributed by atoms with E-state index in [1.807, 2.05) is 47.1 Å². The van der Waals surface area contributed by atoms with Gasteiger partial charge in [0.05, 0.1) is 5.69 Å². The Morgan fingerprint density at radius 2 is 1.87 bits per heavy atom. The van der Waals surface area contributed by atoms with Crippen LogP contribution in [0, 0.1) is 6.92 Å². The molecule has 4 heteroatoms. The molecule has 0 N–H and O–H groups in total. The van der Waals surface area contributed by atoms with Gasteiger partial charge in [0.2, 0.25) is 0 Å². The molecular formula is C19H14ClN3. The van der Waals surface area contributed by atoms with Crippen molar-refractivity contribution in [3.63, 3.8) is 0 Å². The molecule has 112 valence electrons. The first-order valence-corrected chi connectivity index (χ1v) is 7.75. The van der Waals surface area contributed by atoms with E-state index in [9.17, 15) is 0 Å². The summed E-state index contributed by atoms with van der Waals surface area (Å²) in [4.78, 5) is 8.93. The fourth-order valence-electron chi connectivity index (χ4n) is 2.83. The van der Waals surface area contributed by atoms with Crippen LogP contribution in [0.3, 0.4) is 0 Å². The van der Waals surface area contributed by atoms with Gasteiger partial charge in [-0.1, -0.05) is 29.8 Å².